The van der Waals surface area contributed by atoms with E-state index in [9.17, 15) is 5.21 Å². The minimum atomic E-state index is 0.225. The molecule has 1 rings (SSSR count). The first-order valence-electron chi connectivity index (χ1n) is 2.69. The van der Waals surface area contributed by atoms with Crippen LogP contribution in [0.25, 0.3) is 0 Å². The Kier molecular flexibility index (Phi) is 1.50. The Hall–Kier alpha value is -0.540. The molecule has 1 aliphatic rings. The summed E-state index contributed by atoms with van der Waals surface area (Å²) in [5.41, 5.74) is 0. The third-order valence-electron chi connectivity index (χ3n) is 1.23. The van der Waals surface area contributed by atoms with Crippen LogP contribution in [-0.4, -0.2) is 18.2 Å². The zero-order valence-corrected chi connectivity index (χ0v) is 4.55. The second-order valence-corrected chi connectivity index (χ2v) is 1.94. The second-order valence-electron chi connectivity index (χ2n) is 1.94. The number of rotatable bonds is 0. The molecule has 0 saturated heterocycles. The third-order valence-corrected chi connectivity index (χ3v) is 1.23. The molecule has 0 aliphatic carbocycles. The Morgan fingerprint density at radius 3 is 2.88 bits per heavy atom. The van der Waals surface area contributed by atoms with Crippen molar-refractivity contribution in [2.75, 3.05) is 13.1 Å². The molecule has 1 aliphatic heterocycles. The average molecular weight is 115 g/mol. The number of hydrogen-bond donors (Lipinski definition) is 2. The number of hydroxylamine groups is 2. The van der Waals surface area contributed by atoms with Gasteiger partial charge in [0, 0.05) is 6.08 Å². The molecular formula is C5H9NO2. The molecule has 0 aromatic rings. The van der Waals surface area contributed by atoms with Crippen molar-refractivity contribution in [3.8, 4) is 0 Å². The summed E-state index contributed by atoms with van der Waals surface area (Å²) in [6.45, 7) is 0.939. The molecule has 0 saturated carbocycles. The minimum Gasteiger partial charge on any atom is -0.634 e. The van der Waals surface area contributed by atoms with Crippen LogP contribution in [0.5, 0.6) is 0 Å². The van der Waals surface area contributed by atoms with Gasteiger partial charge in [-0.25, -0.2) is 0 Å². The number of aliphatic hydroxyl groups excluding tert-OH is 1. The molecule has 3 nitrogen and oxygen atoms in total. The predicted molar refractivity (Wildman–Crippen MR) is 29.4 cm³/mol. The fraction of sp³-hybridized carbons (Fsp3) is 0.600. The van der Waals surface area contributed by atoms with Gasteiger partial charge in [0.05, 0.1) is 25.3 Å². The largest absolute Gasteiger partial charge is 0.634 e. The number of aliphatic hydroxyl groups is 1. The Balaban J connectivity index is 2.42. The molecule has 1 unspecified atom stereocenters. The van der Waals surface area contributed by atoms with E-state index in [1.165, 1.54) is 0 Å². The van der Waals surface area contributed by atoms with E-state index in [1.54, 1.807) is 6.08 Å². The van der Waals surface area contributed by atoms with Gasteiger partial charge in [0.15, 0.2) is 0 Å². The topological polar surface area (TPSA) is 47.7 Å². The fourth-order valence-electron chi connectivity index (χ4n) is 0.703. The lowest BCUT2D eigenvalue weighted by atomic mass is 10.2. The van der Waals surface area contributed by atoms with E-state index in [4.69, 9.17) is 5.11 Å². The smallest absolute Gasteiger partial charge is 0.0995 e. The van der Waals surface area contributed by atoms with Crippen molar-refractivity contribution in [1.82, 2.24) is 0 Å². The van der Waals surface area contributed by atoms with Crippen molar-refractivity contribution in [2.45, 2.75) is 6.42 Å². The Bertz CT molecular complexity index is 111. The minimum absolute atomic E-state index is 0.225. The summed E-state index contributed by atoms with van der Waals surface area (Å²) < 4.78 is 0. The van der Waals surface area contributed by atoms with Gasteiger partial charge in [-0.1, -0.05) is 0 Å². The molecule has 3 heteroatoms. The summed E-state index contributed by atoms with van der Waals surface area (Å²) in [4.78, 5) is 0. The van der Waals surface area contributed by atoms with Gasteiger partial charge in [0.25, 0.3) is 0 Å². The van der Waals surface area contributed by atoms with Crippen LogP contribution in [0.3, 0.4) is 0 Å². The van der Waals surface area contributed by atoms with Crippen LogP contribution in [0, 0.1) is 5.21 Å². The molecule has 2 N–H and O–H groups in total. The van der Waals surface area contributed by atoms with Crippen molar-refractivity contribution in [2.24, 2.45) is 0 Å². The van der Waals surface area contributed by atoms with Gasteiger partial charge in [0.1, 0.15) is 0 Å². The first kappa shape index (κ1) is 5.59. The first-order valence-corrected chi connectivity index (χ1v) is 2.69. The van der Waals surface area contributed by atoms with E-state index in [0.717, 1.165) is 0 Å². The highest BCUT2D eigenvalue weighted by molar-refractivity contribution is 4.92. The van der Waals surface area contributed by atoms with Crippen molar-refractivity contribution < 1.29 is 10.2 Å². The van der Waals surface area contributed by atoms with E-state index >= 15 is 0 Å². The molecule has 0 aromatic heterocycles. The van der Waals surface area contributed by atoms with Crippen LogP contribution in [-0.2, 0) is 0 Å². The quantitative estimate of drug-likeness (QED) is 0.407. The van der Waals surface area contributed by atoms with Gasteiger partial charge in [-0.2, -0.15) is 0 Å². The summed E-state index contributed by atoms with van der Waals surface area (Å²) >= 11 is 0. The summed E-state index contributed by atoms with van der Waals surface area (Å²) in [5.74, 6) is 0.365. The third kappa shape index (κ3) is 1.21. The summed E-state index contributed by atoms with van der Waals surface area (Å²) in [6.07, 6.45) is 2.12. The number of quaternary nitrogens is 1. The maximum Gasteiger partial charge on any atom is 0.0995 e. The van der Waals surface area contributed by atoms with Crippen LogP contribution in [0.4, 0.5) is 0 Å². The zero-order valence-electron chi connectivity index (χ0n) is 4.55. The van der Waals surface area contributed by atoms with Gasteiger partial charge in [-0.3, -0.25) is 0 Å². The number of hydrogen-bond acceptors (Lipinski definition) is 2. The molecule has 0 spiro atoms. The maximum atomic E-state index is 10.5. The Labute approximate surface area is 47.8 Å². The lowest BCUT2D eigenvalue weighted by Gasteiger charge is -2.23. The molecule has 8 heavy (non-hydrogen) atoms. The van der Waals surface area contributed by atoms with Crippen LogP contribution < -0.4 is 5.06 Å². The molecule has 0 radical (unpaired) electrons. The van der Waals surface area contributed by atoms with Gasteiger partial charge < -0.3 is 15.4 Å². The van der Waals surface area contributed by atoms with Crippen LogP contribution in [0.2, 0.25) is 0 Å². The normalized spacial score (nSPS) is 29.6. The highest BCUT2D eigenvalue weighted by atomic mass is 16.5. The van der Waals surface area contributed by atoms with Crippen LogP contribution >= 0.6 is 0 Å². The molecule has 0 amide bonds. The van der Waals surface area contributed by atoms with E-state index in [1.807, 2.05) is 0 Å². The molecule has 0 aromatic carbocycles. The lowest BCUT2D eigenvalue weighted by Crippen LogP contribution is -3.07. The summed E-state index contributed by atoms with van der Waals surface area (Å²) in [6, 6.07) is 0. The maximum absolute atomic E-state index is 10.5. The zero-order chi connectivity index (χ0) is 5.98. The van der Waals surface area contributed by atoms with E-state index in [-0.39, 0.29) is 5.06 Å². The van der Waals surface area contributed by atoms with Crippen molar-refractivity contribution in [3.63, 3.8) is 0 Å². The molecule has 0 fully saturated rings. The molecule has 0 bridgehead atoms. The highest BCUT2D eigenvalue weighted by Gasteiger charge is 2.04. The van der Waals surface area contributed by atoms with Gasteiger partial charge in [0.2, 0.25) is 0 Å². The Morgan fingerprint density at radius 1 is 1.75 bits per heavy atom. The SMILES string of the molecule is [O-][NH+]1CC=C(O)CC1. The fourth-order valence-corrected chi connectivity index (χ4v) is 0.703. The van der Waals surface area contributed by atoms with Crippen molar-refractivity contribution in [1.29, 1.82) is 0 Å². The van der Waals surface area contributed by atoms with Crippen molar-refractivity contribution >= 4 is 0 Å². The van der Waals surface area contributed by atoms with Crippen LogP contribution in [0.15, 0.2) is 11.8 Å². The molecule has 46 valence electrons. The molecule has 1 heterocycles. The van der Waals surface area contributed by atoms with E-state index in [2.05, 4.69) is 0 Å². The van der Waals surface area contributed by atoms with Crippen LogP contribution in [0.1, 0.15) is 6.42 Å². The van der Waals surface area contributed by atoms with E-state index in [0.29, 0.717) is 25.3 Å². The lowest BCUT2D eigenvalue weighted by molar-refractivity contribution is -0.843. The summed E-state index contributed by atoms with van der Waals surface area (Å²) in [7, 11) is 0. The molecule has 1 atom stereocenters. The Morgan fingerprint density at radius 2 is 2.50 bits per heavy atom. The molecular weight excluding hydrogens is 106 g/mol. The first-order chi connectivity index (χ1) is 3.79. The number of nitrogens with one attached hydrogen (secondary N) is 1. The standard InChI is InChI=1S/C5H9NO2/c7-5-1-3-6(8)4-2-5/h1,6-7H,2-4H2. The average Bonchev–Trinajstić information content (AvgIpc) is 1.77. The highest BCUT2D eigenvalue weighted by Crippen LogP contribution is 1.93. The predicted octanol–water partition coefficient (Wildman–Crippen LogP) is -0.785. The summed E-state index contributed by atoms with van der Waals surface area (Å²) in [5, 5.41) is 19.4. The second kappa shape index (κ2) is 2.15. The monoisotopic (exact) mass is 115 g/mol. The van der Waals surface area contributed by atoms with Gasteiger partial charge in [-0.05, 0) is 0 Å². The van der Waals surface area contributed by atoms with Crippen molar-refractivity contribution in [3.05, 3.63) is 17.0 Å². The van der Waals surface area contributed by atoms with Gasteiger partial charge >= 0.3 is 0 Å². The van der Waals surface area contributed by atoms with E-state index < -0.39 is 0 Å². The van der Waals surface area contributed by atoms with Gasteiger partial charge in [-0.15, -0.1) is 0 Å².